The van der Waals surface area contributed by atoms with Crippen molar-refractivity contribution in [1.82, 2.24) is 0 Å². The lowest BCUT2D eigenvalue weighted by Gasteiger charge is -2.24. The van der Waals surface area contributed by atoms with Gasteiger partial charge < -0.3 is 18.9 Å². The van der Waals surface area contributed by atoms with Gasteiger partial charge in [0, 0.05) is 12.8 Å². The van der Waals surface area contributed by atoms with Crippen molar-refractivity contribution in [3.63, 3.8) is 0 Å². The van der Waals surface area contributed by atoms with Gasteiger partial charge in [-0.05, 0) is 51.4 Å². The molecule has 46 heavy (non-hydrogen) atoms. The molecule has 0 aromatic heterocycles. The van der Waals surface area contributed by atoms with Gasteiger partial charge in [-0.15, -0.1) is 0 Å². The number of nitrogens with zero attached hydrogens (tertiary/aromatic N) is 1. The van der Waals surface area contributed by atoms with Crippen molar-refractivity contribution in [3.05, 3.63) is 36.5 Å². The number of unbranched alkanes of at least 4 members (excludes halogenated alkanes) is 11. The summed E-state index contributed by atoms with van der Waals surface area (Å²) in [5, 5.41) is 0. The zero-order valence-corrected chi connectivity index (χ0v) is 30.7. The third-order valence-electron chi connectivity index (χ3n) is 7.17. The van der Waals surface area contributed by atoms with E-state index in [9.17, 15) is 19.0 Å². The fraction of sp³-hybridized carbons (Fsp3) is 0.778. The van der Waals surface area contributed by atoms with Gasteiger partial charge in [0.2, 0.25) is 0 Å². The van der Waals surface area contributed by atoms with Crippen LogP contribution >= 0.6 is 7.82 Å². The number of rotatable bonds is 31. The first kappa shape index (κ1) is 44.2. The number of carbonyl (C=O) groups excluding carboxylic acids is 2. The number of carbonyl (C=O) groups is 2. The van der Waals surface area contributed by atoms with Gasteiger partial charge in [0.1, 0.15) is 19.8 Å². The summed E-state index contributed by atoms with van der Waals surface area (Å²) in [5.74, 6) is -0.855. The summed E-state index contributed by atoms with van der Waals surface area (Å²) >= 11 is 0. The Balaban J connectivity index is 4.49. The Morgan fingerprint density at radius 3 is 1.78 bits per heavy atom. The number of phosphoric acid groups is 1. The summed E-state index contributed by atoms with van der Waals surface area (Å²) in [6, 6.07) is 0. The van der Waals surface area contributed by atoms with Crippen molar-refractivity contribution in [2.75, 3.05) is 47.5 Å². The van der Waals surface area contributed by atoms with E-state index in [0.29, 0.717) is 23.9 Å². The molecule has 0 aromatic carbocycles. The van der Waals surface area contributed by atoms with Crippen molar-refractivity contribution in [2.45, 2.75) is 136 Å². The zero-order valence-electron chi connectivity index (χ0n) is 29.8. The molecule has 0 saturated heterocycles. The minimum absolute atomic E-state index is 0.0255. The van der Waals surface area contributed by atoms with Gasteiger partial charge in [0.15, 0.2) is 6.10 Å². The van der Waals surface area contributed by atoms with Crippen molar-refractivity contribution in [2.24, 2.45) is 0 Å². The maximum atomic E-state index is 12.5. The second-order valence-electron chi connectivity index (χ2n) is 12.9. The summed E-state index contributed by atoms with van der Waals surface area (Å²) in [6.45, 7) is 4.26. The minimum atomic E-state index is -4.36. The number of hydrogen-bond donors (Lipinski definition) is 1. The Labute approximate surface area is 281 Å². The predicted octanol–water partition coefficient (Wildman–Crippen LogP) is 9.01. The smallest absolute Gasteiger partial charge is 0.462 e. The predicted molar refractivity (Wildman–Crippen MR) is 187 cm³/mol. The fourth-order valence-corrected chi connectivity index (χ4v) is 5.05. The van der Waals surface area contributed by atoms with Crippen LogP contribution in [0, 0.1) is 0 Å². The minimum Gasteiger partial charge on any atom is -0.462 e. The summed E-state index contributed by atoms with van der Waals surface area (Å²) in [4.78, 5) is 34.9. The van der Waals surface area contributed by atoms with Crippen LogP contribution in [0.25, 0.3) is 0 Å². The Bertz CT molecular complexity index is 897. The number of esters is 2. The standard InChI is InChI=1S/C36H66NO8P/c1-6-8-10-12-14-15-16-17-18-19-20-21-23-24-26-28-35(38)42-32-34(33-44-46(40,41)43-31-30-37(3,4)5)45-36(39)29-27-25-22-13-11-9-7-2/h14-15,17-18,20-21,34H,6-13,16,19,22-33H2,1-5H3/p+1/t34-/m1/s1. The largest absolute Gasteiger partial charge is 0.472 e. The van der Waals surface area contributed by atoms with Gasteiger partial charge in [0.25, 0.3) is 0 Å². The molecule has 0 bridgehead atoms. The van der Waals surface area contributed by atoms with E-state index in [0.717, 1.165) is 51.4 Å². The number of phosphoric ester groups is 1. The molecule has 1 unspecified atom stereocenters. The molecule has 0 radical (unpaired) electrons. The summed E-state index contributed by atoms with van der Waals surface area (Å²) in [5.41, 5.74) is 0. The molecule has 10 heteroatoms. The lowest BCUT2D eigenvalue weighted by Crippen LogP contribution is -2.37. The van der Waals surface area contributed by atoms with E-state index in [-0.39, 0.29) is 26.1 Å². The van der Waals surface area contributed by atoms with Crippen LogP contribution in [0.5, 0.6) is 0 Å². The van der Waals surface area contributed by atoms with E-state index in [4.69, 9.17) is 18.5 Å². The number of quaternary nitrogens is 1. The van der Waals surface area contributed by atoms with Crippen LogP contribution in [0.15, 0.2) is 36.5 Å². The normalized spacial score (nSPS) is 14.3. The molecule has 0 spiro atoms. The molecule has 0 rings (SSSR count). The monoisotopic (exact) mass is 672 g/mol. The van der Waals surface area contributed by atoms with Crippen LogP contribution < -0.4 is 0 Å². The second-order valence-corrected chi connectivity index (χ2v) is 14.4. The van der Waals surface area contributed by atoms with Crippen LogP contribution in [0.1, 0.15) is 129 Å². The van der Waals surface area contributed by atoms with Crippen molar-refractivity contribution in [1.29, 1.82) is 0 Å². The topological polar surface area (TPSA) is 108 Å². The molecule has 2 atom stereocenters. The van der Waals surface area contributed by atoms with Crippen molar-refractivity contribution < 1.29 is 42.1 Å². The third kappa shape index (κ3) is 32.2. The summed E-state index contributed by atoms with van der Waals surface area (Å²) < 4.78 is 33.9. The molecule has 0 fully saturated rings. The second kappa shape index (κ2) is 29.4. The molecular formula is C36H67NO8P+. The lowest BCUT2D eigenvalue weighted by molar-refractivity contribution is -0.870. The zero-order chi connectivity index (χ0) is 34.4. The van der Waals surface area contributed by atoms with Crippen LogP contribution in [-0.4, -0.2) is 74.9 Å². The van der Waals surface area contributed by atoms with E-state index in [1.807, 2.05) is 21.1 Å². The van der Waals surface area contributed by atoms with E-state index in [2.05, 4.69) is 50.3 Å². The van der Waals surface area contributed by atoms with Gasteiger partial charge >= 0.3 is 19.8 Å². The molecule has 0 aliphatic heterocycles. The molecule has 1 N–H and O–H groups in total. The first-order chi connectivity index (χ1) is 22.0. The molecular weight excluding hydrogens is 605 g/mol. The van der Waals surface area contributed by atoms with E-state index in [1.54, 1.807) is 0 Å². The third-order valence-corrected chi connectivity index (χ3v) is 8.16. The molecule has 268 valence electrons. The van der Waals surface area contributed by atoms with Crippen molar-refractivity contribution >= 4 is 19.8 Å². The molecule has 0 heterocycles. The van der Waals surface area contributed by atoms with Gasteiger partial charge in [-0.3, -0.25) is 18.6 Å². The molecule has 0 aliphatic rings. The lowest BCUT2D eigenvalue weighted by atomic mass is 10.1. The van der Waals surface area contributed by atoms with Crippen LogP contribution in [0.2, 0.25) is 0 Å². The highest BCUT2D eigenvalue weighted by Crippen LogP contribution is 2.43. The van der Waals surface area contributed by atoms with Gasteiger partial charge in [-0.1, -0.05) is 102 Å². The first-order valence-electron chi connectivity index (χ1n) is 17.7. The highest BCUT2D eigenvalue weighted by atomic mass is 31.2. The first-order valence-corrected chi connectivity index (χ1v) is 19.2. The summed E-state index contributed by atoms with van der Waals surface area (Å²) in [6.07, 6.45) is 29.3. The number of allylic oxidation sites excluding steroid dienone is 6. The number of hydrogen-bond acceptors (Lipinski definition) is 7. The quantitative estimate of drug-likeness (QED) is 0.0256. The highest BCUT2D eigenvalue weighted by Gasteiger charge is 2.27. The molecule has 9 nitrogen and oxygen atoms in total. The average molecular weight is 673 g/mol. The molecule has 0 amide bonds. The SMILES string of the molecule is CCCCCC=CCC=CCC=CCCCCC(=O)OC[C@H](COP(=O)(O)OCC[N+](C)(C)C)OC(=O)CCCCCCCCC. The van der Waals surface area contributed by atoms with Gasteiger partial charge in [-0.25, -0.2) is 4.57 Å². The van der Waals surface area contributed by atoms with Gasteiger partial charge in [0.05, 0.1) is 27.7 Å². The molecule has 0 aliphatic carbocycles. The highest BCUT2D eigenvalue weighted by molar-refractivity contribution is 7.47. The fourth-order valence-electron chi connectivity index (χ4n) is 4.31. The maximum absolute atomic E-state index is 12.5. The van der Waals surface area contributed by atoms with Crippen LogP contribution in [0.4, 0.5) is 0 Å². The Morgan fingerprint density at radius 1 is 0.674 bits per heavy atom. The Morgan fingerprint density at radius 2 is 1.17 bits per heavy atom. The Hall–Kier alpha value is -1.77. The Kier molecular flexibility index (Phi) is 28.2. The van der Waals surface area contributed by atoms with E-state index in [1.165, 1.54) is 38.5 Å². The van der Waals surface area contributed by atoms with Crippen LogP contribution in [0.3, 0.4) is 0 Å². The average Bonchev–Trinajstić information content (AvgIpc) is 2.99. The number of likely N-dealkylation sites (N-methyl/N-ethyl adjacent to an activating group) is 1. The van der Waals surface area contributed by atoms with Crippen LogP contribution in [-0.2, 0) is 32.7 Å². The summed E-state index contributed by atoms with van der Waals surface area (Å²) in [7, 11) is 1.45. The van der Waals surface area contributed by atoms with E-state index < -0.39 is 32.5 Å². The van der Waals surface area contributed by atoms with Crippen molar-refractivity contribution in [3.8, 4) is 0 Å². The van der Waals surface area contributed by atoms with E-state index >= 15 is 0 Å². The molecule has 0 saturated carbocycles. The maximum Gasteiger partial charge on any atom is 0.472 e. The van der Waals surface area contributed by atoms with Gasteiger partial charge in [-0.2, -0.15) is 0 Å². The number of ether oxygens (including phenoxy) is 2. The molecule has 0 aromatic rings.